The third-order valence-corrected chi connectivity index (χ3v) is 8.49. The summed E-state index contributed by atoms with van der Waals surface area (Å²) >= 11 is 0.858. The fourth-order valence-corrected chi connectivity index (χ4v) is 7.10. The zero-order valence-electron chi connectivity index (χ0n) is 17.3. The van der Waals surface area contributed by atoms with E-state index in [-0.39, 0.29) is 41.2 Å². The zero-order chi connectivity index (χ0) is 22.3. The van der Waals surface area contributed by atoms with Crippen LogP contribution in [-0.4, -0.2) is 53.6 Å². The molecule has 12 heteroatoms. The first kappa shape index (κ1) is 25.3. The minimum absolute atomic E-state index is 0.0559. The molecular weight excluding hydrogens is 436 g/mol. The van der Waals surface area contributed by atoms with Gasteiger partial charge in [-0.1, -0.05) is 5.04 Å². The zero-order valence-corrected chi connectivity index (χ0v) is 18.9. The second kappa shape index (κ2) is 11.6. The van der Waals surface area contributed by atoms with Gasteiger partial charge in [-0.3, -0.25) is 14.1 Å². The monoisotopic (exact) mass is 468 g/mol. The maximum Gasteiger partial charge on any atom is 0.268 e. The smallest absolute Gasteiger partial charge is 0.268 e. The number of carbonyl (C=O) groups is 2. The summed E-state index contributed by atoms with van der Waals surface area (Å²) in [5.74, 6) is -1.57. The molecule has 0 heterocycles. The maximum atomic E-state index is 12.3. The summed E-state index contributed by atoms with van der Waals surface area (Å²) in [5.41, 5.74) is 0. The Morgan fingerprint density at radius 3 is 2.00 bits per heavy atom. The topological polar surface area (TPSA) is 151 Å². The summed E-state index contributed by atoms with van der Waals surface area (Å²) in [7, 11) is -4.38. The largest absolute Gasteiger partial charge is 0.356 e. The number of carbonyl (C=O) groups excluding carboxylic acids is 2. The fraction of sp³-hybridized carbons (Fsp3) is 0.889. The number of amides is 2. The molecule has 6 atom stereocenters. The molecule has 4 N–H and O–H groups in total. The molecule has 2 rings (SSSR count). The molecule has 2 amide bonds. The second-order valence-corrected chi connectivity index (χ2v) is 10.5. The highest BCUT2D eigenvalue weighted by Gasteiger charge is 2.48. The van der Waals surface area contributed by atoms with Gasteiger partial charge in [0.05, 0.1) is 5.25 Å². The van der Waals surface area contributed by atoms with Crippen molar-refractivity contribution in [2.24, 2.45) is 23.7 Å². The molecule has 2 aliphatic carbocycles. The maximum absolute atomic E-state index is 12.3. The van der Waals surface area contributed by atoms with Gasteiger partial charge < -0.3 is 10.6 Å². The first-order chi connectivity index (χ1) is 14.2. The Labute approximate surface area is 181 Å². The van der Waals surface area contributed by atoms with Crippen molar-refractivity contribution in [3.8, 4) is 0 Å². The van der Waals surface area contributed by atoms with Crippen molar-refractivity contribution in [3.05, 3.63) is 0 Å². The first-order valence-corrected chi connectivity index (χ1v) is 12.7. The Morgan fingerprint density at radius 1 is 0.967 bits per heavy atom. The Morgan fingerprint density at radius 2 is 1.50 bits per heavy atom. The van der Waals surface area contributed by atoms with Gasteiger partial charge in [0.15, 0.2) is 0 Å². The van der Waals surface area contributed by atoms with Crippen LogP contribution in [0.15, 0.2) is 0 Å². The molecule has 0 aliphatic heterocycles. The van der Waals surface area contributed by atoms with Gasteiger partial charge in [0.1, 0.15) is 0 Å². The van der Waals surface area contributed by atoms with Crippen LogP contribution in [0.1, 0.15) is 52.4 Å². The molecule has 0 saturated heterocycles. The second-order valence-electron chi connectivity index (χ2n) is 7.97. The first-order valence-electron chi connectivity index (χ1n) is 10.4. The molecule has 2 saturated carbocycles. The van der Waals surface area contributed by atoms with Gasteiger partial charge in [-0.25, -0.2) is 5.26 Å². The minimum atomic E-state index is -4.38. The highest BCUT2D eigenvalue weighted by Crippen LogP contribution is 2.47. The summed E-state index contributed by atoms with van der Waals surface area (Å²) < 4.78 is 39.0. The predicted octanol–water partition coefficient (Wildman–Crippen LogP) is 1.79. The Balaban J connectivity index is 2.20. The van der Waals surface area contributed by atoms with Gasteiger partial charge in [0, 0.05) is 42.2 Å². The van der Waals surface area contributed by atoms with Gasteiger partial charge >= 0.3 is 0 Å². The minimum Gasteiger partial charge on any atom is -0.356 e. The van der Waals surface area contributed by atoms with Crippen molar-refractivity contribution >= 4 is 34.0 Å². The Kier molecular flexibility index (Phi) is 9.82. The molecule has 30 heavy (non-hydrogen) atoms. The third-order valence-electron chi connectivity index (χ3n) is 6.26. The summed E-state index contributed by atoms with van der Waals surface area (Å²) in [6.45, 7) is 4.60. The van der Waals surface area contributed by atoms with Gasteiger partial charge in [-0.05, 0) is 64.2 Å². The predicted molar refractivity (Wildman–Crippen MR) is 111 cm³/mol. The molecule has 0 bridgehead atoms. The van der Waals surface area contributed by atoms with E-state index in [2.05, 4.69) is 20.0 Å². The number of hydrogen-bond donors (Lipinski definition) is 4. The molecule has 2 aliphatic rings. The number of rotatable bonds is 9. The van der Waals surface area contributed by atoms with Crippen molar-refractivity contribution in [1.82, 2.24) is 10.6 Å². The lowest BCUT2D eigenvalue weighted by Crippen LogP contribution is -2.48. The van der Waals surface area contributed by atoms with Crippen molar-refractivity contribution in [2.45, 2.75) is 62.9 Å². The molecule has 2 fully saturated rings. The normalized spacial score (nSPS) is 32.4. The van der Waals surface area contributed by atoms with E-state index in [9.17, 15) is 22.6 Å². The Hall–Kier alpha value is -0.920. The molecule has 0 spiro atoms. The van der Waals surface area contributed by atoms with Crippen LogP contribution in [0.25, 0.3) is 0 Å². The van der Waals surface area contributed by atoms with Gasteiger partial charge in [0.25, 0.3) is 10.1 Å². The quantitative estimate of drug-likeness (QED) is 0.172. The molecule has 10 nitrogen and oxygen atoms in total. The van der Waals surface area contributed by atoms with Crippen LogP contribution >= 0.6 is 12.0 Å². The summed E-state index contributed by atoms with van der Waals surface area (Å²) in [6.07, 6.45) is 2.62. The van der Waals surface area contributed by atoms with Crippen LogP contribution in [0.5, 0.6) is 0 Å². The van der Waals surface area contributed by atoms with E-state index >= 15 is 0 Å². The van der Waals surface area contributed by atoms with Crippen molar-refractivity contribution in [2.75, 3.05) is 13.1 Å². The van der Waals surface area contributed by atoms with Crippen LogP contribution in [0.3, 0.4) is 0 Å². The van der Waals surface area contributed by atoms with Gasteiger partial charge in [-0.2, -0.15) is 8.42 Å². The van der Waals surface area contributed by atoms with Crippen LogP contribution in [0.4, 0.5) is 0 Å². The Bertz CT molecular complexity index is 690. The molecule has 174 valence electrons. The summed E-state index contributed by atoms with van der Waals surface area (Å²) in [6, 6.07) is 0. The SMILES string of the molecule is CCNC(=O)C1CCC(C2CCC(C(=O)NCC)CC2S(=O)(=O)O)C(SOOO)C1. The molecule has 0 aromatic rings. The highest BCUT2D eigenvalue weighted by atomic mass is 32.2. The van der Waals surface area contributed by atoms with Crippen LogP contribution < -0.4 is 10.6 Å². The highest BCUT2D eigenvalue weighted by molar-refractivity contribution is 7.95. The molecule has 6 unspecified atom stereocenters. The molecule has 0 radical (unpaired) electrons. The number of hydrogen-bond acceptors (Lipinski definition) is 8. The number of nitrogens with one attached hydrogen (secondary N) is 2. The van der Waals surface area contributed by atoms with E-state index in [1.54, 1.807) is 6.92 Å². The van der Waals surface area contributed by atoms with Crippen molar-refractivity contribution in [1.29, 1.82) is 0 Å². The lowest BCUT2D eigenvalue weighted by molar-refractivity contribution is -0.432. The van der Waals surface area contributed by atoms with E-state index in [1.807, 2.05) is 6.92 Å². The van der Waals surface area contributed by atoms with Crippen LogP contribution in [0.2, 0.25) is 0 Å². The van der Waals surface area contributed by atoms with Gasteiger partial charge in [-0.15, -0.1) is 4.33 Å². The van der Waals surface area contributed by atoms with Crippen molar-refractivity contribution in [3.63, 3.8) is 0 Å². The lowest BCUT2D eigenvalue weighted by Gasteiger charge is -2.43. The van der Waals surface area contributed by atoms with Crippen LogP contribution in [-0.2, 0) is 29.1 Å². The van der Waals surface area contributed by atoms with E-state index in [0.29, 0.717) is 45.2 Å². The third kappa shape index (κ3) is 6.54. The lowest BCUT2D eigenvalue weighted by atomic mass is 9.68. The van der Waals surface area contributed by atoms with Gasteiger partial charge in [0.2, 0.25) is 11.8 Å². The summed E-state index contributed by atoms with van der Waals surface area (Å²) in [5, 5.41) is 16.5. The average molecular weight is 469 g/mol. The average Bonchev–Trinajstić information content (AvgIpc) is 2.71. The van der Waals surface area contributed by atoms with E-state index in [0.717, 1.165) is 12.0 Å². The standard InChI is InChI=1S/C18H32N2O8S2/c1-3-19-17(21)11-5-7-13(15(9-11)29-28-27-23)14-8-6-12(18(22)20-4-2)10-16(14)30(24,25)26/h11-16,23H,3-10H2,1-2H3,(H,19,21)(H,20,22)(H,24,25,26). The molecule has 0 aromatic carbocycles. The van der Waals surface area contributed by atoms with E-state index in [4.69, 9.17) is 5.26 Å². The van der Waals surface area contributed by atoms with Crippen LogP contribution in [0, 0.1) is 23.7 Å². The fourth-order valence-electron chi connectivity index (χ4n) is 4.92. The molecule has 0 aromatic heterocycles. The van der Waals surface area contributed by atoms with Crippen molar-refractivity contribution < 1.29 is 37.2 Å². The molecular formula is C18H32N2O8S2. The summed E-state index contributed by atoms with van der Waals surface area (Å²) in [4.78, 5) is 24.5. The van der Waals surface area contributed by atoms with E-state index < -0.39 is 21.3 Å². The van der Waals surface area contributed by atoms with E-state index in [1.165, 1.54) is 0 Å².